The van der Waals surface area contributed by atoms with Crippen molar-refractivity contribution in [2.75, 3.05) is 44.2 Å². The lowest BCUT2D eigenvalue weighted by Gasteiger charge is -2.35. The summed E-state index contributed by atoms with van der Waals surface area (Å²) in [4.78, 5) is 29.0. The number of piperazine rings is 1. The van der Waals surface area contributed by atoms with E-state index in [0.717, 1.165) is 43.0 Å². The van der Waals surface area contributed by atoms with Gasteiger partial charge in [-0.3, -0.25) is 19.8 Å². The van der Waals surface area contributed by atoms with E-state index in [2.05, 4.69) is 4.90 Å². The van der Waals surface area contributed by atoms with E-state index in [9.17, 15) is 23.7 Å². The molecular weight excluding hydrogens is 478 g/mol. The van der Waals surface area contributed by atoms with Crippen LogP contribution in [0.2, 0.25) is 0 Å². The summed E-state index contributed by atoms with van der Waals surface area (Å²) in [6.45, 7) is 4.24. The van der Waals surface area contributed by atoms with Gasteiger partial charge < -0.3 is 9.80 Å². The monoisotopic (exact) mass is 506 g/mol. The Morgan fingerprint density at radius 1 is 0.865 bits per heavy atom. The second kappa shape index (κ2) is 12.2. The quantitative estimate of drug-likeness (QED) is 0.225. The third-order valence-electron chi connectivity index (χ3n) is 6.34. The zero-order valence-corrected chi connectivity index (χ0v) is 20.3. The number of carbonyl (C=O) groups is 1. The van der Waals surface area contributed by atoms with E-state index in [1.54, 1.807) is 47.4 Å². The fraction of sp³-hybridized carbons (Fsp3) is 0.250. The number of halogens is 2. The number of anilines is 2. The maximum atomic E-state index is 13.4. The van der Waals surface area contributed by atoms with Crippen LogP contribution in [0.15, 0.2) is 78.9 Å². The largest absolute Gasteiger partial charge is 0.341 e. The van der Waals surface area contributed by atoms with Crippen molar-refractivity contribution in [3.8, 4) is 0 Å². The first-order valence-electron chi connectivity index (χ1n) is 12.1. The minimum Gasteiger partial charge on any atom is -0.341 e. The summed E-state index contributed by atoms with van der Waals surface area (Å²) in [5, 5.41) is 10.8. The Morgan fingerprint density at radius 2 is 1.41 bits per heavy atom. The summed E-state index contributed by atoms with van der Waals surface area (Å²) in [5.41, 5.74) is 2.41. The van der Waals surface area contributed by atoms with Crippen LogP contribution >= 0.6 is 0 Å². The van der Waals surface area contributed by atoms with Crippen molar-refractivity contribution in [3.63, 3.8) is 0 Å². The molecule has 4 rings (SSSR count). The Hall–Kier alpha value is -4.11. The molecule has 0 atom stereocenters. The molecule has 0 bridgehead atoms. The van der Waals surface area contributed by atoms with Gasteiger partial charge in [0.25, 0.3) is 5.69 Å². The topological polar surface area (TPSA) is 69.9 Å². The second-order valence-corrected chi connectivity index (χ2v) is 8.81. The average Bonchev–Trinajstić information content (AvgIpc) is 2.92. The number of nitro benzene ring substituents is 1. The van der Waals surface area contributed by atoms with Crippen LogP contribution < -0.4 is 4.90 Å². The Bertz CT molecular complexity index is 1180. The van der Waals surface area contributed by atoms with Crippen molar-refractivity contribution in [3.05, 3.63) is 106 Å². The highest BCUT2D eigenvalue weighted by Crippen LogP contribution is 2.26. The Labute approximate surface area is 214 Å². The van der Waals surface area contributed by atoms with Crippen molar-refractivity contribution in [2.24, 2.45) is 0 Å². The molecule has 1 aliphatic heterocycles. The van der Waals surface area contributed by atoms with Crippen molar-refractivity contribution < 1.29 is 18.5 Å². The summed E-state index contributed by atoms with van der Waals surface area (Å²) < 4.78 is 26.9. The number of non-ortho nitro benzene ring substituents is 1. The first-order valence-corrected chi connectivity index (χ1v) is 12.1. The van der Waals surface area contributed by atoms with Crippen molar-refractivity contribution in [1.29, 1.82) is 0 Å². The first-order chi connectivity index (χ1) is 17.9. The van der Waals surface area contributed by atoms with Gasteiger partial charge in [-0.25, -0.2) is 8.78 Å². The molecular formula is C28H28F2N4O3. The standard InChI is InChI=1S/C28H28F2N4O3/c29-23-5-11-25(12-6-23)33(26-13-7-24(30)8-14-26)17-1-16-31-18-20-32(21-19-31)28(35)15-4-22-2-9-27(10-3-22)34(36)37/h2-15H,1,16-21H2/b15-4+. The fourth-order valence-electron chi connectivity index (χ4n) is 4.27. The molecule has 0 spiro atoms. The summed E-state index contributed by atoms with van der Waals surface area (Å²) in [6, 6.07) is 18.6. The van der Waals surface area contributed by atoms with E-state index in [1.807, 2.05) is 4.90 Å². The normalized spacial score (nSPS) is 14.2. The van der Waals surface area contributed by atoms with E-state index in [-0.39, 0.29) is 23.2 Å². The Kier molecular flexibility index (Phi) is 8.58. The maximum absolute atomic E-state index is 13.4. The van der Waals surface area contributed by atoms with Gasteiger partial charge in [0, 0.05) is 62.3 Å². The summed E-state index contributed by atoms with van der Waals surface area (Å²) in [7, 11) is 0. The highest BCUT2D eigenvalue weighted by Gasteiger charge is 2.20. The first kappa shape index (κ1) is 26.0. The SMILES string of the molecule is O=C(/C=C/c1ccc([N+](=O)[O-])cc1)N1CCN(CCCN(c2ccc(F)cc2)c2ccc(F)cc2)CC1. The number of hydrogen-bond donors (Lipinski definition) is 0. The molecule has 0 N–H and O–H groups in total. The van der Waals surface area contributed by atoms with Crippen LogP contribution in [0.5, 0.6) is 0 Å². The third kappa shape index (κ3) is 7.20. The molecule has 0 radical (unpaired) electrons. The van der Waals surface area contributed by atoms with E-state index >= 15 is 0 Å². The molecule has 9 heteroatoms. The van der Waals surface area contributed by atoms with Gasteiger partial charge in [-0.15, -0.1) is 0 Å². The molecule has 3 aromatic rings. The molecule has 37 heavy (non-hydrogen) atoms. The van der Waals surface area contributed by atoms with Crippen LogP contribution in [0.4, 0.5) is 25.8 Å². The molecule has 1 aliphatic rings. The van der Waals surface area contributed by atoms with Gasteiger partial charge in [-0.2, -0.15) is 0 Å². The molecule has 1 saturated heterocycles. The van der Waals surface area contributed by atoms with Crippen LogP contribution in [0.1, 0.15) is 12.0 Å². The van der Waals surface area contributed by atoms with Gasteiger partial charge in [0.15, 0.2) is 0 Å². The lowest BCUT2D eigenvalue weighted by molar-refractivity contribution is -0.384. The number of carbonyl (C=O) groups excluding carboxylic acids is 1. The Balaban J connectivity index is 1.26. The van der Waals surface area contributed by atoms with Gasteiger partial charge in [0.2, 0.25) is 5.91 Å². The molecule has 3 aromatic carbocycles. The van der Waals surface area contributed by atoms with Crippen LogP contribution in [0, 0.1) is 21.7 Å². The van der Waals surface area contributed by atoms with Crippen LogP contribution in [0.25, 0.3) is 6.08 Å². The predicted octanol–water partition coefficient (Wildman–Crippen LogP) is 5.26. The van der Waals surface area contributed by atoms with E-state index in [0.29, 0.717) is 19.6 Å². The molecule has 192 valence electrons. The molecule has 1 amide bonds. The average molecular weight is 507 g/mol. The number of benzene rings is 3. The summed E-state index contributed by atoms with van der Waals surface area (Å²) in [6.07, 6.45) is 4.00. The molecule has 1 fully saturated rings. The number of hydrogen-bond acceptors (Lipinski definition) is 5. The fourth-order valence-corrected chi connectivity index (χ4v) is 4.27. The number of nitrogens with zero attached hydrogens (tertiary/aromatic N) is 4. The van der Waals surface area contributed by atoms with Gasteiger partial charge in [-0.05, 0) is 85.3 Å². The van der Waals surface area contributed by atoms with Gasteiger partial charge in [0.05, 0.1) is 4.92 Å². The minimum absolute atomic E-state index is 0.0121. The van der Waals surface area contributed by atoms with Gasteiger partial charge in [-0.1, -0.05) is 0 Å². The molecule has 0 saturated carbocycles. The van der Waals surface area contributed by atoms with E-state index in [4.69, 9.17) is 0 Å². The zero-order chi connectivity index (χ0) is 26.2. The molecule has 0 aliphatic carbocycles. The molecule has 7 nitrogen and oxygen atoms in total. The van der Waals surface area contributed by atoms with E-state index in [1.165, 1.54) is 42.5 Å². The highest BCUT2D eigenvalue weighted by atomic mass is 19.1. The third-order valence-corrected chi connectivity index (χ3v) is 6.34. The number of nitro groups is 1. The minimum atomic E-state index is -0.457. The summed E-state index contributed by atoms with van der Waals surface area (Å²) >= 11 is 0. The lowest BCUT2D eigenvalue weighted by Crippen LogP contribution is -2.48. The summed E-state index contributed by atoms with van der Waals surface area (Å²) in [5.74, 6) is -0.701. The van der Waals surface area contributed by atoms with Crippen molar-refractivity contribution >= 4 is 29.0 Å². The van der Waals surface area contributed by atoms with Gasteiger partial charge >= 0.3 is 0 Å². The molecule has 1 heterocycles. The predicted molar refractivity (Wildman–Crippen MR) is 140 cm³/mol. The molecule has 0 aromatic heterocycles. The highest BCUT2D eigenvalue weighted by molar-refractivity contribution is 5.91. The molecule has 0 unspecified atom stereocenters. The number of amides is 1. The van der Waals surface area contributed by atoms with Crippen LogP contribution in [-0.2, 0) is 4.79 Å². The maximum Gasteiger partial charge on any atom is 0.269 e. The van der Waals surface area contributed by atoms with E-state index < -0.39 is 4.92 Å². The van der Waals surface area contributed by atoms with Crippen LogP contribution in [-0.4, -0.2) is 59.9 Å². The zero-order valence-electron chi connectivity index (χ0n) is 20.3. The van der Waals surface area contributed by atoms with Crippen molar-refractivity contribution in [2.45, 2.75) is 6.42 Å². The Morgan fingerprint density at radius 3 is 1.92 bits per heavy atom. The lowest BCUT2D eigenvalue weighted by atomic mass is 10.2. The number of rotatable bonds is 9. The van der Waals surface area contributed by atoms with Gasteiger partial charge in [0.1, 0.15) is 11.6 Å². The smallest absolute Gasteiger partial charge is 0.269 e. The second-order valence-electron chi connectivity index (χ2n) is 8.81. The van der Waals surface area contributed by atoms with Crippen molar-refractivity contribution in [1.82, 2.24) is 9.80 Å². The van der Waals surface area contributed by atoms with Crippen LogP contribution in [0.3, 0.4) is 0 Å².